The predicted molar refractivity (Wildman–Crippen MR) is 59.5 cm³/mol. The maximum absolute atomic E-state index is 9.02. The lowest BCUT2D eigenvalue weighted by atomic mass is 10.1. The largest absolute Gasteiger partial charge is 0.395 e. The number of aliphatic hydroxyl groups is 1. The molecule has 1 aromatic heterocycles. The van der Waals surface area contributed by atoms with Crippen molar-refractivity contribution in [3.63, 3.8) is 0 Å². The number of nitrogens with one attached hydrogen (secondary N) is 1. The molecular weight excluding hydrogens is 194 g/mol. The number of thiophene rings is 1. The second-order valence-corrected chi connectivity index (χ2v) is 5.06. The topological polar surface area (TPSA) is 32.3 Å². The molecule has 0 saturated heterocycles. The molecule has 0 aliphatic heterocycles. The van der Waals surface area contributed by atoms with Crippen LogP contribution in [-0.4, -0.2) is 17.8 Å². The smallest absolute Gasteiger partial charge is 0.0582 e. The first-order chi connectivity index (χ1) is 6.81. The van der Waals surface area contributed by atoms with E-state index in [4.69, 9.17) is 5.11 Å². The molecule has 1 unspecified atom stereocenters. The summed E-state index contributed by atoms with van der Waals surface area (Å²) < 4.78 is 0. The van der Waals surface area contributed by atoms with Crippen molar-refractivity contribution in [2.75, 3.05) is 6.61 Å². The van der Waals surface area contributed by atoms with Gasteiger partial charge in [0.05, 0.1) is 6.61 Å². The minimum Gasteiger partial charge on any atom is -0.395 e. The number of hydrogen-bond donors (Lipinski definition) is 2. The molecule has 1 aliphatic carbocycles. The molecule has 1 heterocycles. The first-order valence-corrected chi connectivity index (χ1v) is 6.09. The Hall–Kier alpha value is -0.380. The molecule has 1 fully saturated rings. The fraction of sp³-hybridized carbons (Fsp3) is 0.636. The molecule has 14 heavy (non-hydrogen) atoms. The summed E-state index contributed by atoms with van der Waals surface area (Å²) in [6.45, 7) is 2.25. The highest BCUT2D eigenvalue weighted by atomic mass is 32.1. The van der Waals surface area contributed by atoms with Crippen LogP contribution in [0.4, 0.5) is 0 Å². The fourth-order valence-electron chi connectivity index (χ4n) is 1.71. The van der Waals surface area contributed by atoms with Gasteiger partial charge >= 0.3 is 0 Å². The SMILES string of the molecule is C[C@@H](CO)NC(c1cccs1)C1CC1. The van der Waals surface area contributed by atoms with Crippen molar-refractivity contribution >= 4 is 11.3 Å². The summed E-state index contributed by atoms with van der Waals surface area (Å²) in [5, 5.41) is 14.6. The van der Waals surface area contributed by atoms with E-state index in [1.165, 1.54) is 17.7 Å². The summed E-state index contributed by atoms with van der Waals surface area (Å²) in [4.78, 5) is 1.41. The van der Waals surface area contributed by atoms with Crippen LogP contribution in [0.25, 0.3) is 0 Å². The van der Waals surface area contributed by atoms with Crippen LogP contribution < -0.4 is 5.32 Å². The van der Waals surface area contributed by atoms with Gasteiger partial charge in [0, 0.05) is 17.0 Å². The molecule has 1 saturated carbocycles. The van der Waals surface area contributed by atoms with E-state index in [0.29, 0.717) is 6.04 Å². The van der Waals surface area contributed by atoms with Gasteiger partial charge < -0.3 is 10.4 Å². The van der Waals surface area contributed by atoms with E-state index in [0.717, 1.165) is 5.92 Å². The van der Waals surface area contributed by atoms with E-state index in [2.05, 4.69) is 22.8 Å². The minimum absolute atomic E-state index is 0.197. The molecule has 78 valence electrons. The Morgan fingerprint density at radius 2 is 2.43 bits per heavy atom. The summed E-state index contributed by atoms with van der Waals surface area (Å²) in [6.07, 6.45) is 2.65. The van der Waals surface area contributed by atoms with Gasteiger partial charge in [-0.3, -0.25) is 0 Å². The highest BCUT2D eigenvalue weighted by molar-refractivity contribution is 7.10. The Labute approximate surface area is 89.0 Å². The van der Waals surface area contributed by atoms with E-state index >= 15 is 0 Å². The fourth-order valence-corrected chi connectivity index (χ4v) is 2.59. The monoisotopic (exact) mass is 211 g/mol. The maximum atomic E-state index is 9.02. The van der Waals surface area contributed by atoms with E-state index < -0.39 is 0 Å². The summed E-state index contributed by atoms with van der Waals surface area (Å²) in [7, 11) is 0. The van der Waals surface area contributed by atoms with E-state index in [-0.39, 0.29) is 12.6 Å². The third-order valence-corrected chi connectivity index (χ3v) is 3.64. The third kappa shape index (κ3) is 2.35. The molecular formula is C11H17NOS. The van der Waals surface area contributed by atoms with Crippen LogP contribution in [0.5, 0.6) is 0 Å². The Morgan fingerprint density at radius 3 is 2.93 bits per heavy atom. The molecule has 0 spiro atoms. The summed E-state index contributed by atoms with van der Waals surface area (Å²) in [6, 6.07) is 4.95. The normalized spacial score (nSPS) is 20.7. The molecule has 2 nitrogen and oxygen atoms in total. The summed E-state index contributed by atoms with van der Waals surface area (Å²) >= 11 is 1.81. The molecule has 0 aromatic carbocycles. The lowest BCUT2D eigenvalue weighted by molar-refractivity contribution is 0.237. The van der Waals surface area contributed by atoms with Crippen molar-refractivity contribution < 1.29 is 5.11 Å². The first-order valence-electron chi connectivity index (χ1n) is 5.21. The van der Waals surface area contributed by atoms with Gasteiger partial charge in [0.2, 0.25) is 0 Å². The molecule has 2 atom stereocenters. The zero-order valence-electron chi connectivity index (χ0n) is 8.44. The number of rotatable bonds is 5. The first kappa shape index (κ1) is 10.1. The zero-order chi connectivity index (χ0) is 9.97. The Bertz CT molecular complexity index is 269. The summed E-state index contributed by atoms with van der Waals surface area (Å²) in [5.41, 5.74) is 0. The number of aliphatic hydroxyl groups excluding tert-OH is 1. The van der Waals surface area contributed by atoms with Crippen LogP contribution in [-0.2, 0) is 0 Å². The molecule has 0 amide bonds. The van der Waals surface area contributed by atoms with Crippen molar-refractivity contribution in [1.29, 1.82) is 0 Å². The van der Waals surface area contributed by atoms with Gasteiger partial charge in [0.15, 0.2) is 0 Å². The van der Waals surface area contributed by atoms with Crippen molar-refractivity contribution in [1.82, 2.24) is 5.32 Å². The Balaban J connectivity index is 2.01. The zero-order valence-corrected chi connectivity index (χ0v) is 9.26. The Morgan fingerprint density at radius 1 is 1.64 bits per heavy atom. The highest BCUT2D eigenvalue weighted by Crippen LogP contribution is 2.42. The quantitative estimate of drug-likeness (QED) is 0.782. The summed E-state index contributed by atoms with van der Waals surface area (Å²) in [5.74, 6) is 0.794. The third-order valence-electron chi connectivity index (χ3n) is 2.68. The average Bonchev–Trinajstić information content (AvgIpc) is 2.89. The minimum atomic E-state index is 0.197. The molecule has 1 aromatic rings. The van der Waals surface area contributed by atoms with Crippen LogP contribution in [0.1, 0.15) is 30.7 Å². The molecule has 0 radical (unpaired) electrons. The molecule has 2 rings (SSSR count). The van der Waals surface area contributed by atoms with Crippen molar-refractivity contribution in [2.24, 2.45) is 5.92 Å². The lowest BCUT2D eigenvalue weighted by Crippen LogP contribution is -2.33. The van der Waals surface area contributed by atoms with Gasteiger partial charge in [-0.15, -0.1) is 11.3 Å². The maximum Gasteiger partial charge on any atom is 0.0582 e. The van der Waals surface area contributed by atoms with Crippen LogP contribution in [0.15, 0.2) is 17.5 Å². The molecule has 3 heteroatoms. The molecule has 2 N–H and O–H groups in total. The van der Waals surface area contributed by atoms with Crippen LogP contribution in [0.2, 0.25) is 0 Å². The molecule has 0 bridgehead atoms. The lowest BCUT2D eigenvalue weighted by Gasteiger charge is -2.20. The Kier molecular flexibility index (Phi) is 3.21. The van der Waals surface area contributed by atoms with Gasteiger partial charge in [-0.2, -0.15) is 0 Å². The predicted octanol–water partition coefficient (Wildman–Crippen LogP) is 2.17. The van der Waals surface area contributed by atoms with Crippen LogP contribution in [0, 0.1) is 5.92 Å². The second kappa shape index (κ2) is 4.43. The van der Waals surface area contributed by atoms with E-state index in [1.54, 1.807) is 0 Å². The second-order valence-electron chi connectivity index (χ2n) is 4.08. The number of hydrogen-bond acceptors (Lipinski definition) is 3. The average molecular weight is 211 g/mol. The van der Waals surface area contributed by atoms with Gasteiger partial charge in [-0.05, 0) is 37.1 Å². The van der Waals surface area contributed by atoms with Crippen LogP contribution >= 0.6 is 11.3 Å². The van der Waals surface area contributed by atoms with Gasteiger partial charge in [0.1, 0.15) is 0 Å². The van der Waals surface area contributed by atoms with Crippen molar-refractivity contribution in [2.45, 2.75) is 31.8 Å². The van der Waals surface area contributed by atoms with Crippen molar-refractivity contribution in [3.8, 4) is 0 Å². The molecule has 1 aliphatic rings. The van der Waals surface area contributed by atoms with Crippen LogP contribution in [0.3, 0.4) is 0 Å². The van der Waals surface area contributed by atoms with E-state index in [9.17, 15) is 0 Å². The van der Waals surface area contributed by atoms with Gasteiger partial charge in [-0.1, -0.05) is 6.07 Å². The van der Waals surface area contributed by atoms with Crippen molar-refractivity contribution in [3.05, 3.63) is 22.4 Å². The van der Waals surface area contributed by atoms with E-state index in [1.807, 2.05) is 18.3 Å². The van der Waals surface area contributed by atoms with Gasteiger partial charge in [-0.25, -0.2) is 0 Å². The highest BCUT2D eigenvalue weighted by Gasteiger charge is 2.33. The van der Waals surface area contributed by atoms with Gasteiger partial charge in [0.25, 0.3) is 0 Å². The standard InChI is InChI=1S/C11H17NOS/c1-8(7-13)12-11(9-4-5-9)10-3-2-6-14-10/h2-3,6,8-9,11-13H,4-5,7H2,1H3/t8-,11?/m0/s1.